The maximum Gasteiger partial charge on any atom is 0.337 e. The van der Waals surface area contributed by atoms with Crippen molar-refractivity contribution in [2.24, 2.45) is 0 Å². The van der Waals surface area contributed by atoms with E-state index in [-0.39, 0.29) is 5.91 Å². The van der Waals surface area contributed by atoms with Crippen LogP contribution < -0.4 is 15.1 Å². The van der Waals surface area contributed by atoms with Crippen molar-refractivity contribution >= 4 is 40.9 Å². The van der Waals surface area contributed by atoms with Crippen LogP contribution in [-0.4, -0.2) is 52.2 Å². The van der Waals surface area contributed by atoms with Crippen LogP contribution in [0.4, 0.5) is 11.4 Å². The standard InChI is InChI=1S/C22H24ClN3O3/c1-25-11-13-26(14-12-25)20-9-8-18(23)15-19(20)24-21(27)10-5-16-3-6-17(7-4-16)22(28)29-2/h3-10,15H,11-14H2,1-2H3,(H,24,27)/p+1/b10-5+. The molecule has 7 heteroatoms. The van der Waals surface area contributed by atoms with Crippen LogP contribution in [0, 0.1) is 0 Å². The number of halogens is 1. The first-order valence-electron chi connectivity index (χ1n) is 9.49. The fraction of sp³-hybridized carbons (Fsp3) is 0.273. The van der Waals surface area contributed by atoms with E-state index < -0.39 is 5.97 Å². The van der Waals surface area contributed by atoms with Gasteiger partial charge >= 0.3 is 5.97 Å². The second-order valence-electron chi connectivity index (χ2n) is 7.04. The fourth-order valence-electron chi connectivity index (χ4n) is 3.21. The van der Waals surface area contributed by atoms with Gasteiger partial charge in [-0.2, -0.15) is 0 Å². The minimum absolute atomic E-state index is 0.245. The van der Waals surface area contributed by atoms with Gasteiger partial charge < -0.3 is 19.9 Å². The minimum atomic E-state index is -0.391. The summed E-state index contributed by atoms with van der Waals surface area (Å²) in [6, 6.07) is 12.4. The topological polar surface area (TPSA) is 63.1 Å². The highest BCUT2D eigenvalue weighted by atomic mass is 35.5. The zero-order valence-corrected chi connectivity index (χ0v) is 17.3. The summed E-state index contributed by atoms with van der Waals surface area (Å²) in [4.78, 5) is 27.7. The molecule has 1 saturated heterocycles. The number of hydrogen-bond donors (Lipinski definition) is 2. The number of anilines is 2. The molecular weight excluding hydrogens is 390 g/mol. The molecule has 1 fully saturated rings. The monoisotopic (exact) mass is 414 g/mol. The second-order valence-corrected chi connectivity index (χ2v) is 7.48. The molecule has 0 radical (unpaired) electrons. The number of nitrogens with zero attached hydrogens (tertiary/aromatic N) is 1. The van der Waals surface area contributed by atoms with E-state index in [9.17, 15) is 9.59 Å². The van der Waals surface area contributed by atoms with Crippen LogP contribution in [0.1, 0.15) is 15.9 Å². The van der Waals surface area contributed by atoms with Gasteiger partial charge in [0.25, 0.3) is 0 Å². The molecule has 2 aromatic rings. The van der Waals surface area contributed by atoms with E-state index in [4.69, 9.17) is 11.6 Å². The van der Waals surface area contributed by atoms with E-state index in [1.807, 2.05) is 12.1 Å². The highest BCUT2D eigenvalue weighted by Crippen LogP contribution is 2.29. The van der Waals surface area contributed by atoms with Crippen LogP contribution in [-0.2, 0) is 9.53 Å². The molecule has 0 saturated carbocycles. The van der Waals surface area contributed by atoms with Crippen molar-refractivity contribution in [3.05, 3.63) is 64.7 Å². The molecular formula is C22H25ClN3O3+. The lowest BCUT2D eigenvalue weighted by Gasteiger charge is -2.33. The van der Waals surface area contributed by atoms with Crippen LogP contribution in [0.5, 0.6) is 0 Å². The zero-order chi connectivity index (χ0) is 20.8. The molecule has 1 aliphatic heterocycles. The maximum absolute atomic E-state index is 12.5. The molecule has 2 N–H and O–H groups in total. The van der Waals surface area contributed by atoms with Gasteiger partial charge in [-0.05, 0) is 42.0 Å². The quantitative estimate of drug-likeness (QED) is 0.581. The Morgan fingerprint density at radius 1 is 1.14 bits per heavy atom. The average molecular weight is 415 g/mol. The summed E-state index contributed by atoms with van der Waals surface area (Å²) in [5.41, 5.74) is 2.95. The Labute approximate surface area is 175 Å². The predicted octanol–water partition coefficient (Wildman–Crippen LogP) is 2.11. The Kier molecular flexibility index (Phi) is 6.90. The first-order valence-corrected chi connectivity index (χ1v) is 9.87. The maximum atomic E-state index is 12.5. The van der Waals surface area contributed by atoms with Gasteiger partial charge in [0.1, 0.15) is 0 Å². The van der Waals surface area contributed by atoms with E-state index >= 15 is 0 Å². The Morgan fingerprint density at radius 3 is 2.48 bits per heavy atom. The lowest BCUT2D eigenvalue weighted by Crippen LogP contribution is -3.12. The Hall–Kier alpha value is -2.83. The van der Waals surface area contributed by atoms with E-state index in [2.05, 4.69) is 22.0 Å². The SMILES string of the molecule is COC(=O)c1ccc(/C=C/C(=O)Nc2cc(Cl)ccc2N2CC[NH+](C)CC2)cc1. The van der Waals surface area contributed by atoms with E-state index in [1.54, 1.807) is 36.4 Å². The van der Waals surface area contributed by atoms with Crippen LogP contribution >= 0.6 is 11.6 Å². The molecule has 1 amide bonds. The number of amides is 1. The zero-order valence-electron chi connectivity index (χ0n) is 16.6. The van der Waals surface area contributed by atoms with Crippen molar-refractivity contribution in [2.45, 2.75) is 0 Å². The highest BCUT2D eigenvalue weighted by Gasteiger charge is 2.20. The number of hydrogen-bond acceptors (Lipinski definition) is 4. The van der Waals surface area contributed by atoms with Crippen molar-refractivity contribution in [1.82, 2.24) is 0 Å². The van der Waals surface area contributed by atoms with Gasteiger partial charge in [0.2, 0.25) is 5.91 Å². The average Bonchev–Trinajstić information content (AvgIpc) is 2.73. The van der Waals surface area contributed by atoms with Crippen molar-refractivity contribution in [1.29, 1.82) is 0 Å². The van der Waals surface area contributed by atoms with Crippen LogP contribution in [0.3, 0.4) is 0 Å². The van der Waals surface area contributed by atoms with Crippen LogP contribution in [0.2, 0.25) is 5.02 Å². The van der Waals surface area contributed by atoms with Crippen LogP contribution in [0.25, 0.3) is 6.08 Å². The number of quaternary nitrogens is 1. The van der Waals surface area contributed by atoms with Crippen molar-refractivity contribution in [3.8, 4) is 0 Å². The summed E-state index contributed by atoms with van der Waals surface area (Å²) in [6.07, 6.45) is 3.16. The molecule has 6 nitrogen and oxygen atoms in total. The Morgan fingerprint density at radius 2 is 1.83 bits per heavy atom. The predicted molar refractivity (Wildman–Crippen MR) is 116 cm³/mol. The Balaban J connectivity index is 1.69. The molecule has 152 valence electrons. The number of carbonyl (C=O) groups is 2. The molecule has 0 spiro atoms. The lowest BCUT2D eigenvalue weighted by molar-refractivity contribution is -0.880. The van der Waals surface area contributed by atoms with Gasteiger partial charge in [-0.25, -0.2) is 4.79 Å². The smallest absolute Gasteiger partial charge is 0.337 e. The first-order chi connectivity index (χ1) is 14.0. The van der Waals surface area contributed by atoms with Crippen molar-refractivity contribution in [2.75, 3.05) is 50.6 Å². The van der Waals surface area contributed by atoms with Crippen LogP contribution in [0.15, 0.2) is 48.5 Å². The third kappa shape index (κ3) is 5.59. The summed E-state index contributed by atoms with van der Waals surface area (Å²) in [5, 5.41) is 3.51. The molecule has 0 aliphatic carbocycles. The van der Waals surface area contributed by atoms with Gasteiger partial charge in [0, 0.05) is 11.1 Å². The molecule has 1 aliphatic rings. The van der Waals surface area contributed by atoms with Gasteiger partial charge in [-0.1, -0.05) is 23.7 Å². The third-order valence-corrected chi connectivity index (χ3v) is 5.17. The number of likely N-dealkylation sites (N-methyl/N-ethyl adjacent to an activating group) is 1. The van der Waals surface area contributed by atoms with Gasteiger partial charge in [0.15, 0.2) is 0 Å². The highest BCUT2D eigenvalue weighted by molar-refractivity contribution is 6.31. The molecule has 29 heavy (non-hydrogen) atoms. The number of ether oxygens (including phenoxy) is 1. The molecule has 0 unspecified atom stereocenters. The molecule has 3 rings (SSSR count). The fourth-order valence-corrected chi connectivity index (χ4v) is 3.38. The van der Waals surface area contributed by atoms with Crippen molar-refractivity contribution < 1.29 is 19.2 Å². The van der Waals surface area contributed by atoms with Gasteiger partial charge in [0.05, 0.1) is 57.3 Å². The first kappa shape index (κ1) is 20.9. The Bertz CT molecular complexity index is 904. The molecule has 0 aromatic heterocycles. The number of nitrogens with one attached hydrogen (secondary N) is 2. The largest absolute Gasteiger partial charge is 0.465 e. The summed E-state index contributed by atoms with van der Waals surface area (Å²) in [6.45, 7) is 3.96. The van der Waals surface area contributed by atoms with E-state index in [0.717, 1.165) is 37.4 Å². The molecule has 0 atom stereocenters. The number of esters is 1. The van der Waals surface area contributed by atoms with Gasteiger partial charge in [-0.15, -0.1) is 0 Å². The van der Waals surface area contributed by atoms with Gasteiger partial charge in [-0.3, -0.25) is 4.79 Å². The molecule has 1 heterocycles. The minimum Gasteiger partial charge on any atom is -0.465 e. The summed E-state index contributed by atoms with van der Waals surface area (Å²) in [5.74, 6) is -0.637. The number of carbonyl (C=O) groups excluding carboxylic acids is 2. The summed E-state index contributed by atoms with van der Waals surface area (Å²) < 4.78 is 4.68. The lowest BCUT2D eigenvalue weighted by atomic mass is 10.1. The normalized spacial score (nSPS) is 14.8. The summed E-state index contributed by atoms with van der Waals surface area (Å²) >= 11 is 6.16. The summed E-state index contributed by atoms with van der Waals surface area (Å²) in [7, 11) is 3.53. The number of methoxy groups -OCH3 is 1. The molecule has 0 bridgehead atoms. The van der Waals surface area contributed by atoms with E-state index in [1.165, 1.54) is 18.1 Å². The number of benzene rings is 2. The second kappa shape index (κ2) is 9.58. The molecule has 2 aromatic carbocycles. The van der Waals surface area contributed by atoms with Crippen molar-refractivity contribution in [3.63, 3.8) is 0 Å². The third-order valence-electron chi connectivity index (χ3n) is 4.93. The number of rotatable bonds is 5. The number of piperazine rings is 1. The van der Waals surface area contributed by atoms with E-state index in [0.29, 0.717) is 16.3 Å².